The molecular formula is C18H26N2O3. The highest BCUT2D eigenvalue weighted by molar-refractivity contribution is 5.81. The van der Waals surface area contributed by atoms with Crippen LogP contribution >= 0.6 is 0 Å². The van der Waals surface area contributed by atoms with E-state index >= 15 is 0 Å². The van der Waals surface area contributed by atoms with Gasteiger partial charge >= 0.3 is 0 Å². The monoisotopic (exact) mass is 318 g/mol. The van der Waals surface area contributed by atoms with Gasteiger partial charge in [0, 0.05) is 19.3 Å². The van der Waals surface area contributed by atoms with Crippen molar-refractivity contribution >= 4 is 5.91 Å². The number of ether oxygens (including phenoxy) is 1. The Labute approximate surface area is 137 Å². The Morgan fingerprint density at radius 1 is 1.26 bits per heavy atom. The van der Waals surface area contributed by atoms with E-state index in [1.807, 2.05) is 37.3 Å². The molecule has 1 amide bonds. The largest absolute Gasteiger partial charge is 0.630 e. The third-order valence-electron chi connectivity index (χ3n) is 5.12. The maximum atomic E-state index is 13.3. The van der Waals surface area contributed by atoms with Gasteiger partial charge < -0.3 is 19.9 Å². The van der Waals surface area contributed by atoms with Crippen molar-refractivity contribution in [3.63, 3.8) is 0 Å². The lowest BCUT2D eigenvalue weighted by Crippen LogP contribution is -2.60. The fourth-order valence-electron chi connectivity index (χ4n) is 3.78. The zero-order chi connectivity index (χ0) is 16.3. The number of carbonyl (C=O) groups is 1. The highest BCUT2D eigenvalue weighted by Gasteiger charge is 2.46. The van der Waals surface area contributed by atoms with E-state index in [1.54, 1.807) is 0 Å². The van der Waals surface area contributed by atoms with Crippen LogP contribution in [0.4, 0.5) is 0 Å². The van der Waals surface area contributed by atoms with Crippen molar-refractivity contribution in [3.8, 4) is 0 Å². The van der Waals surface area contributed by atoms with Gasteiger partial charge in [-0.2, -0.15) is 0 Å². The van der Waals surface area contributed by atoms with Crippen molar-refractivity contribution in [1.82, 2.24) is 5.32 Å². The summed E-state index contributed by atoms with van der Waals surface area (Å²) < 4.78 is 5.22. The third-order valence-corrected chi connectivity index (χ3v) is 5.12. The Kier molecular flexibility index (Phi) is 4.99. The second kappa shape index (κ2) is 6.99. The summed E-state index contributed by atoms with van der Waals surface area (Å²) in [5, 5.41) is 16.3. The highest BCUT2D eigenvalue weighted by Crippen LogP contribution is 2.34. The molecule has 1 aromatic carbocycles. The molecule has 126 valence electrons. The number of carbonyl (C=O) groups excluding carboxylic acids is 1. The van der Waals surface area contributed by atoms with Crippen LogP contribution in [0.5, 0.6) is 0 Å². The lowest BCUT2D eigenvalue weighted by molar-refractivity contribution is -0.932. The van der Waals surface area contributed by atoms with Gasteiger partial charge in [-0.3, -0.25) is 4.79 Å². The second-order valence-corrected chi connectivity index (χ2v) is 6.70. The first-order valence-electron chi connectivity index (χ1n) is 8.66. The van der Waals surface area contributed by atoms with Gasteiger partial charge in [-0.05, 0) is 25.3 Å². The summed E-state index contributed by atoms with van der Waals surface area (Å²) in [6.45, 7) is 3.09. The molecule has 23 heavy (non-hydrogen) atoms. The number of amides is 1. The zero-order valence-corrected chi connectivity index (χ0v) is 13.7. The van der Waals surface area contributed by atoms with Crippen LogP contribution in [0.15, 0.2) is 30.3 Å². The van der Waals surface area contributed by atoms with E-state index in [1.165, 1.54) is 0 Å². The smallest absolute Gasteiger partial charge is 0.279 e. The SMILES string of the molecule is C[C@@H](NC(=O)[C@@H]1CCC[N@@+]1([O-])C1CCCCO1)c1ccccc1. The predicted octanol–water partition coefficient (Wildman–Crippen LogP) is 2.87. The van der Waals surface area contributed by atoms with Gasteiger partial charge in [-0.1, -0.05) is 30.3 Å². The van der Waals surface area contributed by atoms with E-state index < -0.39 is 10.7 Å². The summed E-state index contributed by atoms with van der Waals surface area (Å²) in [7, 11) is 0. The molecule has 0 saturated carbocycles. The summed E-state index contributed by atoms with van der Waals surface area (Å²) in [5.41, 5.74) is 1.05. The molecule has 2 aliphatic rings. The van der Waals surface area contributed by atoms with Crippen molar-refractivity contribution in [2.75, 3.05) is 13.2 Å². The topological polar surface area (TPSA) is 61.4 Å². The molecule has 0 radical (unpaired) electrons. The first kappa shape index (κ1) is 16.4. The molecular weight excluding hydrogens is 292 g/mol. The first-order chi connectivity index (χ1) is 11.1. The Bertz CT molecular complexity index is 530. The van der Waals surface area contributed by atoms with E-state index in [0.29, 0.717) is 19.6 Å². The summed E-state index contributed by atoms with van der Waals surface area (Å²) >= 11 is 0. The number of nitrogens with one attached hydrogen (secondary N) is 1. The molecule has 2 heterocycles. The normalized spacial score (nSPS) is 32.4. The molecule has 5 nitrogen and oxygen atoms in total. The number of hydrogen-bond donors (Lipinski definition) is 1. The zero-order valence-electron chi connectivity index (χ0n) is 13.7. The van der Waals surface area contributed by atoms with E-state index in [-0.39, 0.29) is 18.2 Å². The number of likely N-dealkylation sites (tertiary alicyclic amines) is 1. The van der Waals surface area contributed by atoms with Crippen LogP contribution in [-0.2, 0) is 9.53 Å². The average Bonchev–Trinajstić information content (AvgIpc) is 2.99. The maximum absolute atomic E-state index is 13.3. The van der Waals surface area contributed by atoms with E-state index in [0.717, 1.165) is 31.2 Å². The molecule has 2 fully saturated rings. The second-order valence-electron chi connectivity index (χ2n) is 6.70. The van der Waals surface area contributed by atoms with E-state index in [2.05, 4.69) is 5.32 Å². The van der Waals surface area contributed by atoms with Gasteiger partial charge in [0.2, 0.25) is 0 Å². The van der Waals surface area contributed by atoms with Gasteiger partial charge in [0.15, 0.2) is 12.3 Å². The molecule has 0 bridgehead atoms. The van der Waals surface area contributed by atoms with E-state index in [9.17, 15) is 10.0 Å². The van der Waals surface area contributed by atoms with Crippen LogP contribution in [0.1, 0.15) is 50.6 Å². The molecule has 4 atom stereocenters. The lowest BCUT2D eigenvalue weighted by atomic mass is 10.1. The van der Waals surface area contributed by atoms with Gasteiger partial charge in [-0.25, -0.2) is 0 Å². The molecule has 3 rings (SSSR count). The highest BCUT2D eigenvalue weighted by atomic mass is 16.6. The molecule has 0 aromatic heterocycles. The van der Waals surface area contributed by atoms with E-state index in [4.69, 9.17) is 4.74 Å². The molecule has 1 aromatic rings. The first-order valence-corrected chi connectivity index (χ1v) is 8.66. The Hall–Kier alpha value is -1.43. The minimum Gasteiger partial charge on any atom is -0.630 e. The fraction of sp³-hybridized carbons (Fsp3) is 0.611. The predicted molar refractivity (Wildman–Crippen MR) is 88.1 cm³/mol. The number of nitrogens with zero attached hydrogens (tertiary/aromatic N) is 1. The molecule has 2 aliphatic heterocycles. The molecule has 1 N–H and O–H groups in total. The average molecular weight is 318 g/mol. The summed E-state index contributed by atoms with van der Waals surface area (Å²) in [5.74, 6) is -0.136. The molecule has 5 heteroatoms. The standard InChI is InChI=1S/C18H26N2O3/c1-14(15-8-3-2-4-9-15)19-18(21)16-10-7-12-20(16,22)17-11-5-6-13-23-17/h2-4,8-9,14,16-17H,5-7,10-13H2,1H3,(H,19,21)/t14-,16+,17?,20+/m1/s1. The molecule has 1 unspecified atom stereocenters. The van der Waals surface area contributed by atoms with Crippen molar-refractivity contribution in [1.29, 1.82) is 0 Å². The van der Waals surface area contributed by atoms with Crippen LogP contribution in [0.3, 0.4) is 0 Å². The minimum absolute atomic E-state index is 0.0926. The van der Waals surface area contributed by atoms with Crippen LogP contribution in [0.25, 0.3) is 0 Å². The minimum atomic E-state index is -0.538. The summed E-state index contributed by atoms with van der Waals surface area (Å²) in [4.78, 5) is 12.7. The number of hydroxylamine groups is 3. The van der Waals surface area contributed by atoms with Gasteiger partial charge in [0.25, 0.3) is 5.91 Å². The van der Waals surface area contributed by atoms with Crippen LogP contribution < -0.4 is 5.32 Å². The third kappa shape index (κ3) is 3.42. The van der Waals surface area contributed by atoms with Gasteiger partial charge in [-0.15, -0.1) is 0 Å². The number of rotatable bonds is 4. The Morgan fingerprint density at radius 3 is 2.74 bits per heavy atom. The summed E-state index contributed by atoms with van der Waals surface area (Å²) in [6.07, 6.45) is 3.87. The van der Waals surface area contributed by atoms with Gasteiger partial charge in [0.05, 0.1) is 19.2 Å². The van der Waals surface area contributed by atoms with Crippen molar-refractivity contribution in [3.05, 3.63) is 41.1 Å². The Morgan fingerprint density at radius 2 is 2.04 bits per heavy atom. The van der Waals surface area contributed by atoms with Crippen molar-refractivity contribution < 1.29 is 14.2 Å². The van der Waals surface area contributed by atoms with Crippen LogP contribution in [-0.4, -0.2) is 36.0 Å². The van der Waals surface area contributed by atoms with Crippen molar-refractivity contribution in [2.45, 2.75) is 57.3 Å². The number of hydrogen-bond acceptors (Lipinski definition) is 3. The maximum Gasteiger partial charge on any atom is 0.279 e. The number of quaternary nitrogens is 1. The van der Waals surface area contributed by atoms with Crippen molar-refractivity contribution in [2.24, 2.45) is 0 Å². The molecule has 0 spiro atoms. The quantitative estimate of drug-likeness (QED) is 0.686. The van der Waals surface area contributed by atoms with Gasteiger partial charge in [0.1, 0.15) is 0 Å². The summed E-state index contributed by atoms with van der Waals surface area (Å²) in [6, 6.07) is 9.21. The number of benzene rings is 1. The Balaban J connectivity index is 1.68. The molecule has 0 aliphatic carbocycles. The fourth-order valence-corrected chi connectivity index (χ4v) is 3.78. The van der Waals surface area contributed by atoms with Crippen LogP contribution in [0, 0.1) is 5.21 Å². The van der Waals surface area contributed by atoms with Crippen LogP contribution in [0.2, 0.25) is 0 Å². The lowest BCUT2D eigenvalue weighted by Gasteiger charge is -2.49. The molecule has 2 saturated heterocycles.